The lowest BCUT2D eigenvalue weighted by Crippen LogP contribution is -2.11. The van der Waals surface area contributed by atoms with Gasteiger partial charge in [-0.2, -0.15) is 0 Å². The zero-order chi connectivity index (χ0) is 23.2. The van der Waals surface area contributed by atoms with Crippen LogP contribution in [0, 0.1) is 13.8 Å². The van der Waals surface area contributed by atoms with Gasteiger partial charge in [-0.05, 0) is 67.4 Å². The van der Waals surface area contributed by atoms with Crippen LogP contribution in [0.25, 0.3) is 10.9 Å². The van der Waals surface area contributed by atoms with Crippen molar-refractivity contribution in [3.8, 4) is 28.7 Å². The van der Waals surface area contributed by atoms with Crippen LogP contribution in [0.5, 0.6) is 28.7 Å². The van der Waals surface area contributed by atoms with Gasteiger partial charge < -0.3 is 24.3 Å². The van der Waals surface area contributed by atoms with Gasteiger partial charge >= 0.3 is 0 Å². The second-order valence-electron chi connectivity index (χ2n) is 7.71. The number of fused-ring (bicyclic) bond motifs is 1. The number of anilines is 1. The van der Waals surface area contributed by atoms with Crippen LogP contribution in [-0.4, -0.2) is 32.4 Å². The molecule has 170 valence electrons. The molecule has 1 N–H and O–H groups in total. The van der Waals surface area contributed by atoms with Crippen LogP contribution in [0.15, 0.2) is 66.9 Å². The Hall–Kier alpha value is -3.93. The molecule has 0 amide bonds. The van der Waals surface area contributed by atoms with Crippen molar-refractivity contribution in [3.63, 3.8) is 0 Å². The van der Waals surface area contributed by atoms with Crippen molar-refractivity contribution in [2.24, 2.45) is 0 Å². The molecule has 0 spiro atoms. The van der Waals surface area contributed by atoms with E-state index < -0.39 is 0 Å². The van der Waals surface area contributed by atoms with E-state index in [9.17, 15) is 0 Å². The maximum atomic E-state index is 6.26. The Morgan fingerprint density at radius 3 is 2.39 bits per heavy atom. The normalized spacial score (nSPS) is 10.7. The highest BCUT2D eigenvalue weighted by atomic mass is 16.5. The van der Waals surface area contributed by atoms with E-state index in [1.807, 2.05) is 55.5 Å². The van der Waals surface area contributed by atoms with Gasteiger partial charge in [0.2, 0.25) is 0 Å². The molecular weight excluding hydrogens is 416 g/mol. The highest BCUT2D eigenvalue weighted by molar-refractivity contribution is 5.88. The largest absolute Gasteiger partial charge is 0.493 e. The van der Waals surface area contributed by atoms with E-state index in [0.29, 0.717) is 30.4 Å². The fourth-order valence-electron chi connectivity index (χ4n) is 3.60. The molecule has 0 unspecified atom stereocenters. The summed E-state index contributed by atoms with van der Waals surface area (Å²) < 4.78 is 22.9. The van der Waals surface area contributed by atoms with Crippen LogP contribution >= 0.6 is 0 Å². The van der Waals surface area contributed by atoms with Crippen molar-refractivity contribution in [3.05, 3.63) is 78.0 Å². The number of hydrogen-bond donors (Lipinski definition) is 1. The molecule has 0 aliphatic carbocycles. The average Bonchev–Trinajstić information content (AvgIpc) is 2.82. The number of aromatic nitrogens is 1. The summed E-state index contributed by atoms with van der Waals surface area (Å²) in [4.78, 5) is 4.44. The van der Waals surface area contributed by atoms with Crippen LogP contribution < -0.4 is 24.3 Å². The summed E-state index contributed by atoms with van der Waals surface area (Å²) in [5.74, 6) is 3.63. The number of ether oxygens (including phenoxy) is 4. The number of pyridine rings is 1. The summed E-state index contributed by atoms with van der Waals surface area (Å²) >= 11 is 0. The third-order valence-corrected chi connectivity index (χ3v) is 5.29. The predicted molar refractivity (Wildman–Crippen MR) is 131 cm³/mol. The third-order valence-electron chi connectivity index (χ3n) is 5.29. The SMILES string of the molecule is COc1cc2nccc(Oc3ccc(NCCOc4cccc(C)c4)cc3C)c2cc1OC. The number of rotatable bonds is 9. The van der Waals surface area contributed by atoms with Gasteiger partial charge in [0.25, 0.3) is 0 Å². The highest BCUT2D eigenvalue weighted by Gasteiger charge is 2.12. The standard InChI is InChI=1S/C27H28N2O4/c1-18-6-5-7-21(14-18)32-13-12-28-20-8-9-24(19(2)15-20)33-25-10-11-29-23-17-27(31-4)26(30-3)16-22(23)25/h5-11,14-17,28H,12-13H2,1-4H3. The van der Waals surface area contributed by atoms with Crippen molar-refractivity contribution in [2.45, 2.75) is 13.8 Å². The quantitative estimate of drug-likeness (QED) is 0.312. The Kier molecular flexibility index (Phi) is 6.83. The summed E-state index contributed by atoms with van der Waals surface area (Å²) in [6, 6.07) is 19.7. The van der Waals surface area contributed by atoms with E-state index in [-0.39, 0.29) is 0 Å². The molecule has 6 nitrogen and oxygen atoms in total. The summed E-state index contributed by atoms with van der Waals surface area (Å²) in [7, 11) is 3.22. The zero-order valence-electron chi connectivity index (χ0n) is 19.3. The molecule has 33 heavy (non-hydrogen) atoms. The maximum Gasteiger partial charge on any atom is 0.162 e. The highest BCUT2D eigenvalue weighted by Crippen LogP contribution is 2.37. The first-order valence-corrected chi connectivity index (χ1v) is 10.8. The molecule has 0 aliphatic heterocycles. The van der Waals surface area contributed by atoms with E-state index >= 15 is 0 Å². The monoisotopic (exact) mass is 444 g/mol. The van der Waals surface area contributed by atoms with E-state index in [4.69, 9.17) is 18.9 Å². The first-order chi connectivity index (χ1) is 16.1. The van der Waals surface area contributed by atoms with Gasteiger partial charge in [-0.1, -0.05) is 12.1 Å². The maximum absolute atomic E-state index is 6.26. The second-order valence-corrected chi connectivity index (χ2v) is 7.71. The van der Waals surface area contributed by atoms with Gasteiger partial charge in [-0.3, -0.25) is 4.98 Å². The second kappa shape index (κ2) is 10.1. The number of aryl methyl sites for hydroxylation is 2. The topological polar surface area (TPSA) is 61.8 Å². The minimum Gasteiger partial charge on any atom is -0.493 e. The minimum absolute atomic E-state index is 0.578. The Bertz CT molecular complexity index is 1260. The summed E-state index contributed by atoms with van der Waals surface area (Å²) in [6.07, 6.45) is 1.73. The van der Waals surface area contributed by atoms with Crippen molar-refractivity contribution < 1.29 is 18.9 Å². The van der Waals surface area contributed by atoms with Gasteiger partial charge in [0.05, 0.1) is 19.7 Å². The molecule has 3 aromatic carbocycles. The number of methoxy groups -OCH3 is 2. The fraction of sp³-hybridized carbons (Fsp3) is 0.222. The number of benzene rings is 3. The molecule has 0 saturated carbocycles. The van der Waals surface area contributed by atoms with Crippen LogP contribution in [0.2, 0.25) is 0 Å². The van der Waals surface area contributed by atoms with E-state index in [1.54, 1.807) is 20.4 Å². The Morgan fingerprint density at radius 2 is 1.64 bits per heavy atom. The smallest absolute Gasteiger partial charge is 0.162 e. The van der Waals surface area contributed by atoms with Gasteiger partial charge in [0.1, 0.15) is 23.9 Å². The minimum atomic E-state index is 0.578. The lowest BCUT2D eigenvalue weighted by Gasteiger charge is -2.14. The Morgan fingerprint density at radius 1 is 0.818 bits per heavy atom. The lowest BCUT2D eigenvalue weighted by atomic mass is 10.1. The summed E-state index contributed by atoms with van der Waals surface area (Å²) in [5.41, 5.74) is 3.99. The number of nitrogens with one attached hydrogen (secondary N) is 1. The molecule has 0 saturated heterocycles. The molecule has 1 aromatic heterocycles. The molecular formula is C27H28N2O4. The Labute approximate surface area is 194 Å². The molecule has 6 heteroatoms. The molecule has 0 aliphatic rings. The number of hydrogen-bond acceptors (Lipinski definition) is 6. The molecule has 4 aromatic rings. The van der Waals surface area contributed by atoms with Gasteiger partial charge in [-0.15, -0.1) is 0 Å². The summed E-state index contributed by atoms with van der Waals surface area (Å²) in [5, 5.41) is 4.25. The first-order valence-electron chi connectivity index (χ1n) is 10.8. The molecule has 0 radical (unpaired) electrons. The van der Waals surface area contributed by atoms with E-state index in [0.717, 1.165) is 33.7 Å². The van der Waals surface area contributed by atoms with Crippen molar-refractivity contribution in [1.29, 1.82) is 0 Å². The number of nitrogens with zero attached hydrogens (tertiary/aromatic N) is 1. The van der Waals surface area contributed by atoms with Crippen molar-refractivity contribution >= 4 is 16.6 Å². The molecule has 0 fully saturated rings. The average molecular weight is 445 g/mol. The Balaban J connectivity index is 1.43. The fourth-order valence-corrected chi connectivity index (χ4v) is 3.60. The van der Waals surface area contributed by atoms with E-state index in [2.05, 4.69) is 29.4 Å². The van der Waals surface area contributed by atoms with Crippen molar-refractivity contribution in [2.75, 3.05) is 32.7 Å². The third kappa shape index (κ3) is 5.29. The van der Waals surface area contributed by atoms with Gasteiger partial charge in [0, 0.05) is 29.9 Å². The summed E-state index contributed by atoms with van der Waals surface area (Å²) in [6.45, 7) is 5.36. The lowest BCUT2D eigenvalue weighted by molar-refractivity contribution is 0.332. The molecule has 4 rings (SSSR count). The predicted octanol–water partition coefficient (Wildman–Crippen LogP) is 6.15. The van der Waals surface area contributed by atoms with Gasteiger partial charge in [-0.25, -0.2) is 0 Å². The molecule has 1 heterocycles. The first kappa shape index (κ1) is 22.3. The van der Waals surface area contributed by atoms with Crippen molar-refractivity contribution in [1.82, 2.24) is 4.98 Å². The molecule has 0 atom stereocenters. The van der Waals surface area contributed by atoms with Gasteiger partial charge in [0.15, 0.2) is 11.5 Å². The van der Waals surface area contributed by atoms with Crippen LogP contribution in [0.1, 0.15) is 11.1 Å². The van der Waals surface area contributed by atoms with Crippen LogP contribution in [0.4, 0.5) is 5.69 Å². The zero-order valence-corrected chi connectivity index (χ0v) is 19.3. The molecule has 0 bridgehead atoms. The van der Waals surface area contributed by atoms with Crippen LogP contribution in [0.3, 0.4) is 0 Å². The van der Waals surface area contributed by atoms with E-state index in [1.165, 1.54) is 5.56 Å². The van der Waals surface area contributed by atoms with Crippen LogP contribution in [-0.2, 0) is 0 Å².